The van der Waals surface area contributed by atoms with Gasteiger partial charge in [0.2, 0.25) is 5.91 Å². The molecule has 1 heterocycles. The van der Waals surface area contributed by atoms with Crippen LogP contribution in [0.25, 0.3) is 11.3 Å². The number of hydrogen-bond donors (Lipinski definition) is 2. The molecule has 2 amide bonds. The van der Waals surface area contributed by atoms with Gasteiger partial charge in [0, 0.05) is 43.9 Å². The van der Waals surface area contributed by atoms with E-state index in [1.54, 1.807) is 30.3 Å². The average molecular weight is 585 g/mol. The number of benzene rings is 2. The first-order valence-corrected chi connectivity index (χ1v) is 14.8. The van der Waals surface area contributed by atoms with E-state index in [4.69, 9.17) is 4.42 Å². The summed E-state index contributed by atoms with van der Waals surface area (Å²) < 4.78 is 5.36. The molecule has 0 unspecified atom stereocenters. The highest BCUT2D eigenvalue weighted by molar-refractivity contribution is 5.94. The average Bonchev–Trinajstić information content (AvgIpc) is 3.52. The topological polar surface area (TPSA) is 103 Å². The van der Waals surface area contributed by atoms with Crippen LogP contribution in [0.1, 0.15) is 56.0 Å². The van der Waals surface area contributed by atoms with E-state index in [1.165, 1.54) is 12.5 Å². The maximum atomic E-state index is 13.2. The second-order valence-electron chi connectivity index (χ2n) is 12.5. The predicted octanol–water partition coefficient (Wildman–Crippen LogP) is 5.82. The van der Waals surface area contributed by atoms with E-state index in [0.29, 0.717) is 30.5 Å². The van der Waals surface area contributed by atoms with Crippen molar-refractivity contribution >= 4 is 29.9 Å². The fraction of sp³-hybridized carbons (Fsp3) is 0.412. The highest BCUT2D eigenvalue weighted by atomic mass is 16.3. The SMILES string of the molecule is C=CC(=O)N(C)CCC1CC(N(CNC(=O)c2ccc(-c3cnco3)cc2)c2ccc(CNCC(C)(C)C)cc2N=C)C1. The van der Waals surface area contributed by atoms with Gasteiger partial charge in [-0.05, 0) is 73.2 Å². The summed E-state index contributed by atoms with van der Waals surface area (Å²) in [7, 11) is 1.81. The molecule has 0 atom stereocenters. The summed E-state index contributed by atoms with van der Waals surface area (Å²) in [5.41, 5.74) is 4.48. The number of amides is 2. The summed E-state index contributed by atoms with van der Waals surface area (Å²) in [5.74, 6) is 0.922. The van der Waals surface area contributed by atoms with E-state index in [1.807, 2.05) is 12.1 Å². The minimum atomic E-state index is -0.161. The zero-order valence-electron chi connectivity index (χ0n) is 25.8. The first-order chi connectivity index (χ1) is 20.6. The summed E-state index contributed by atoms with van der Waals surface area (Å²) >= 11 is 0. The molecule has 228 valence electrons. The minimum Gasteiger partial charge on any atom is -0.444 e. The van der Waals surface area contributed by atoms with Crippen molar-refractivity contribution in [2.75, 3.05) is 31.7 Å². The third kappa shape index (κ3) is 8.64. The van der Waals surface area contributed by atoms with Crippen molar-refractivity contribution < 1.29 is 14.0 Å². The molecule has 1 aliphatic carbocycles. The van der Waals surface area contributed by atoms with Crippen LogP contribution in [0.3, 0.4) is 0 Å². The lowest BCUT2D eigenvalue weighted by atomic mass is 9.77. The van der Waals surface area contributed by atoms with E-state index in [-0.39, 0.29) is 23.3 Å². The second-order valence-corrected chi connectivity index (χ2v) is 12.5. The van der Waals surface area contributed by atoms with Crippen molar-refractivity contribution in [3.63, 3.8) is 0 Å². The minimum absolute atomic E-state index is 0.0622. The lowest BCUT2D eigenvalue weighted by Crippen LogP contribution is -2.50. The standard InChI is InChI=1S/C34H44N6O3/c1-7-32(41)39(6)15-14-24-16-28(17-24)40(30-13-8-25(18-29(30)35-5)19-36-21-34(2,3)4)22-38-33(42)27-11-9-26(10-12-27)31-20-37-23-43-31/h7-13,18,20,23-24,28,36H,1,5,14-17,19,21-22H2,2-4,6H3,(H,38,42). The van der Waals surface area contributed by atoms with Crippen LogP contribution in [0.5, 0.6) is 0 Å². The number of aromatic nitrogens is 1. The molecule has 0 aliphatic heterocycles. The molecular formula is C34H44N6O3. The Morgan fingerprint density at radius 2 is 1.91 bits per heavy atom. The number of carbonyl (C=O) groups excluding carboxylic acids is 2. The summed E-state index contributed by atoms with van der Waals surface area (Å²) in [6.07, 6.45) is 7.23. The molecule has 1 aromatic heterocycles. The maximum absolute atomic E-state index is 13.2. The van der Waals surface area contributed by atoms with Crippen molar-refractivity contribution in [2.24, 2.45) is 16.3 Å². The molecular weight excluding hydrogens is 540 g/mol. The van der Waals surface area contributed by atoms with Crippen LogP contribution in [0.15, 0.2) is 77.1 Å². The summed E-state index contributed by atoms with van der Waals surface area (Å²) in [6, 6.07) is 13.8. The van der Waals surface area contributed by atoms with Gasteiger partial charge in [0.05, 0.1) is 24.2 Å². The van der Waals surface area contributed by atoms with Gasteiger partial charge in [0.1, 0.15) is 0 Å². The molecule has 1 aliphatic rings. The first kappa shape index (κ1) is 31.7. The Morgan fingerprint density at radius 3 is 2.53 bits per heavy atom. The molecule has 0 saturated heterocycles. The van der Waals surface area contributed by atoms with Crippen molar-refractivity contribution in [1.82, 2.24) is 20.5 Å². The molecule has 2 N–H and O–H groups in total. The molecule has 9 heteroatoms. The van der Waals surface area contributed by atoms with Gasteiger partial charge in [-0.2, -0.15) is 0 Å². The van der Waals surface area contributed by atoms with Crippen LogP contribution in [0, 0.1) is 11.3 Å². The Labute approximate surface area is 255 Å². The van der Waals surface area contributed by atoms with Crippen molar-refractivity contribution in [3.05, 3.63) is 78.8 Å². The molecule has 1 fully saturated rings. The lowest BCUT2D eigenvalue weighted by molar-refractivity contribution is -0.125. The van der Waals surface area contributed by atoms with E-state index in [9.17, 15) is 9.59 Å². The Morgan fingerprint density at radius 1 is 1.16 bits per heavy atom. The van der Waals surface area contributed by atoms with Gasteiger partial charge in [-0.25, -0.2) is 4.98 Å². The van der Waals surface area contributed by atoms with Crippen LogP contribution >= 0.6 is 0 Å². The Kier molecular flexibility index (Phi) is 10.5. The fourth-order valence-electron chi connectivity index (χ4n) is 5.28. The van der Waals surface area contributed by atoms with Crippen LogP contribution in [0.2, 0.25) is 0 Å². The molecule has 0 bridgehead atoms. The number of likely N-dealkylation sites (N-methyl/N-ethyl adjacent to an activating group) is 1. The third-order valence-corrected chi connectivity index (χ3v) is 7.85. The van der Waals surface area contributed by atoms with Gasteiger partial charge < -0.3 is 24.9 Å². The fourth-order valence-corrected chi connectivity index (χ4v) is 5.28. The molecule has 9 nitrogen and oxygen atoms in total. The van der Waals surface area contributed by atoms with E-state index in [0.717, 1.165) is 54.9 Å². The van der Waals surface area contributed by atoms with Crippen LogP contribution in [-0.2, 0) is 11.3 Å². The van der Waals surface area contributed by atoms with Gasteiger partial charge in [0.15, 0.2) is 12.2 Å². The van der Waals surface area contributed by atoms with E-state index < -0.39 is 0 Å². The Hall–Kier alpha value is -4.24. The molecule has 1 saturated carbocycles. The Balaban J connectivity index is 1.46. The van der Waals surface area contributed by atoms with Crippen LogP contribution < -0.4 is 15.5 Å². The third-order valence-electron chi connectivity index (χ3n) is 7.85. The lowest BCUT2D eigenvalue weighted by Gasteiger charge is -2.45. The predicted molar refractivity (Wildman–Crippen MR) is 173 cm³/mol. The zero-order chi connectivity index (χ0) is 31.0. The van der Waals surface area contributed by atoms with Crippen molar-refractivity contribution in [2.45, 2.75) is 52.6 Å². The quantitative estimate of drug-likeness (QED) is 0.141. The van der Waals surface area contributed by atoms with Gasteiger partial charge in [-0.1, -0.05) is 45.5 Å². The van der Waals surface area contributed by atoms with Crippen LogP contribution in [-0.4, -0.2) is 61.3 Å². The number of nitrogens with one attached hydrogen (secondary N) is 2. The summed E-state index contributed by atoms with van der Waals surface area (Å²) in [4.78, 5) is 37.3. The van der Waals surface area contributed by atoms with E-state index in [2.05, 4.69) is 77.8 Å². The monoisotopic (exact) mass is 584 g/mol. The highest BCUT2D eigenvalue weighted by Gasteiger charge is 2.35. The normalized spacial score (nSPS) is 16.2. The number of nitrogens with zero attached hydrogens (tertiary/aromatic N) is 4. The number of rotatable bonds is 14. The van der Waals surface area contributed by atoms with Gasteiger partial charge >= 0.3 is 0 Å². The number of hydrogen-bond acceptors (Lipinski definition) is 7. The highest BCUT2D eigenvalue weighted by Crippen LogP contribution is 2.40. The molecule has 2 aromatic carbocycles. The Bertz CT molecular complexity index is 1390. The molecule has 0 spiro atoms. The molecule has 3 aromatic rings. The number of anilines is 1. The van der Waals surface area contributed by atoms with Crippen molar-refractivity contribution in [3.8, 4) is 11.3 Å². The largest absolute Gasteiger partial charge is 0.444 e. The van der Waals surface area contributed by atoms with Crippen LogP contribution in [0.4, 0.5) is 11.4 Å². The zero-order valence-corrected chi connectivity index (χ0v) is 25.8. The number of aliphatic imine (C=N–C) groups is 1. The number of oxazole rings is 1. The first-order valence-electron chi connectivity index (χ1n) is 14.8. The molecule has 43 heavy (non-hydrogen) atoms. The molecule has 4 rings (SSSR count). The molecule has 0 radical (unpaired) electrons. The summed E-state index contributed by atoms with van der Waals surface area (Å²) in [6.45, 7) is 16.7. The van der Waals surface area contributed by atoms with Gasteiger partial charge in [-0.3, -0.25) is 14.6 Å². The van der Waals surface area contributed by atoms with Gasteiger partial charge in [-0.15, -0.1) is 0 Å². The smallest absolute Gasteiger partial charge is 0.252 e. The maximum Gasteiger partial charge on any atom is 0.252 e. The second kappa shape index (κ2) is 14.3. The van der Waals surface area contributed by atoms with Crippen molar-refractivity contribution in [1.29, 1.82) is 0 Å². The van der Waals surface area contributed by atoms with Gasteiger partial charge in [0.25, 0.3) is 5.91 Å². The summed E-state index contributed by atoms with van der Waals surface area (Å²) in [5, 5.41) is 6.64. The van der Waals surface area contributed by atoms with E-state index >= 15 is 0 Å². The number of carbonyl (C=O) groups is 2.